The van der Waals surface area contributed by atoms with Crippen LogP contribution in [0.5, 0.6) is 0 Å². The highest BCUT2D eigenvalue weighted by Gasteiger charge is 2.26. The zero-order valence-corrected chi connectivity index (χ0v) is 12.9. The van der Waals surface area contributed by atoms with Gasteiger partial charge >= 0.3 is 0 Å². The van der Waals surface area contributed by atoms with E-state index in [1.54, 1.807) is 0 Å². The van der Waals surface area contributed by atoms with Gasteiger partial charge in [-0.25, -0.2) is 0 Å². The number of piperidine rings is 1. The molecule has 1 aromatic carbocycles. The molecule has 2 N–H and O–H groups in total. The Morgan fingerprint density at radius 1 is 1.29 bits per heavy atom. The van der Waals surface area contributed by atoms with Crippen molar-refractivity contribution in [3.63, 3.8) is 0 Å². The Kier molecular flexibility index (Phi) is 4.59. The number of hydrogen-bond donors (Lipinski definition) is 2. The third-order valence-corrected chi connectivity index (χ3v) is 5.04. The molecule has 1 fully saturated rings. The fraction of sp³-hybridized carbons (Fsp3) is 0.611. The van der Waals surface area contributed by atoms with Crippen molar-refractivity contribution < 1.29 is 4.79 Å². The summed E-state index contributed by atoms with van der Waals surface area (Å²) >= 11 is 0. The van der Waals surface area contributed by atoms with E-state index >= 15 is 0 Å². The molecule has 0 saturated carbocycles. The highest BCUT2D eigenvalue weighted by atomic mass is 16.1. The summed E-state index contributed by atoms with van der Waals surface area (Å²) in [5.41, 5.74) is 2.72. The van der Waals surface area contributed by atoms with Crippen molar-refractivity contribution >= 4 is 5.91 Å². The molecule has 1 amide bonds. The fourth-order valence-corrected chi connectivity index (χ4v) is 3.74. The number of benzene rings is 1. The van der Waals surface area contributed by atoms with Crippen LogP contribution in [-0.4, -0.2) is 18.5 Å². The maximum atomic E-state index is 12.4. The maximum absolute atomic E-state index is 12.4. The minimum absolute atomic E-state index is 0.197. The van der Waals surface area contributed by atoms with Crippen molar-refractivity contribution in [1.82, 2.24) is 10.6 Å². The second-order valence-electron chi connectivity index (χ2n) is 6.60. The van der Waals surface area contributed by atoms with Crippen LogP contribution < -0.4 is 10.6 Å². The SMILES string of the molecule is CC1CCCNC1CC(=O)NC1CCCc2ccccc21. The lowest BCUT2D eigenvalue weighted by Crippen LogP contribution is -2.44. The van der Waals surface area contributed by atoms with E-state index in [1.165, 1.54) is 30.4 Å². The van der Waals surface area contributed by atoms with Gasteiger partial charge in [0.1, 0.15) is 0 Å². The smallest absolute Gasteiger partial charge is 0.222 e. The number of nitrogens with one attached hydrogen (secondary N) is 2. The Labute approximate surface area is 127 Å². The van der Waals surface area contributed by atoms with Crippen LogP contribution in [0.25, 0.3) is 0 Å². The quantitative estimate of drug-likeness (QED) is 0.897. The summed E-state index contributed by atoms with van der Waals surface area (Å²) in [6.07, 6.45) is 6.45. The van der Waals surface area contributed by atoms with Crippen molar-refractivity contribution in [2.75, 3.05) is 6.54 Å². The van der Waals surface area contributed by atoms with E-state index in [-0.39, 0.29) is 11.9 Å². The number of aryl methyl sites for hydroxylation is 1. The molecule has 3 heteroatoms. The molecule has 3 atom stereocenters. The molecule has 3 unspecified atom stereocenters. The van der Waals surface area contributed by atoms with Gasteiger partial charge < -0.3 is 10.6 Å². The number of hydrogen-bond acceptors (Lipinski definition) is 2. The maximum Gasteiger partial charge on any atom is 0.222 e. The third-order valence-electron chi connectivity index (χ3n) is 5.04. The predicted molar refractivity (Wildman–Crippen MR) is 85.1 cm³/mol. The molecule has 3 nitrogen and oxygen atoms in total. The van der Waals surface area contributed by atoms with Crippen molar-refractivity contribution in [1.29, 1.82) is 0 Å². The molecule has 1 aliphatic heterocycles. The first-order chi connectivity index (χ1) is 10.2. The normalized spacial score (nSPS) is 28.7. The second kappa shape index (κ2) is 6.61. The Hall–Kier alpha value is -1.35. The van der Waals surface area contributed by atoms with E-state index in [4.69, 9.17) is 0 Å². The van der Waals surface area contributed by atoms with Crippen LogP contribution in [0.3, 0.4) is 0 Å². The van der Waals surface area contributed by atoms with Gasteiger partial charge in [-0.1, -0.05) is 31.2 Å². The monoisotopic (exact) mass is 286 g/mol. The number of amides is 1. The Morgan fingerprint density at radius 3 is 3.00 bits per heavy atom. The van der Waals surface area contributed by atoms with Gasteiger partial charge in [0.25, 0.3) is 0 Å². The highest BCUT2D eigenvalue weighted by Crippen LogP contribution is 2.29. The molecule has 3 rings (SSSR count). The minimum Gasteiger partial charge on any atom is -0.349 e. The van der Waals surface area contributed by atoms with Crippen LogP contribution in [0.2, 0.25) is 0 Å². The molecule has 1 aliphatic carbocycles. The molecule has 0 radical (unpaired) electrons. The molecule has 1 heterocycles. The zero-order chi connectivity index (χ0) is 14.7. The predicted octanol–water partition coefficient (Wildman–Crippen LogP) is 2.96. The average Bonchev–Trinajstić information content (AvgIpc) is 2.50. The summed E-state index contributed by atoms with van der Waals surface area (Å²) < 4.78 is 0. The van der Waals surface area contributed by atoms with Gasteiger partial charge in [-0.3, -0.25) is 4.79 Å². The van der Waals surface area contributed by atoms with E-state index in [9.17, 15) is 4.79 Å². The average molecular weight is 286 g/mol. The highest BCUT2D eigenvalue weighted by molar-refractivity contribution is 5.77. The molecule has 0 spiro atoms. The zero-order valence-electron chi connectivity index (χ0n) is 12.9. The summed E-state index contributed by atoms with van der Waals surface area (Å²) in [6.45, 7) is 3.30. The fourth-order valence-electron chi connectivity index (χ4n) is 3.74. The summed E-state index contributed by atoms with van der Waals surface area (Å²) in [7, 11) is 0. The van der Waals surface area contributed by atoms with E-state index in [2.05, 4.69) is 41.8 Å². The van der Waals surface area contributed by atoms with E-state index in [0.717, 1.165) is 19.4 Å². The largest absolute Gasteiger partial charge is 0.349 e. The van der Waals surface area contributed by atoms with Gasteiger partial charge in [-0.15, -0.1) is 0 Å². The van der Waals surface area contributed by atoms with Gasteiger partial charge in [-0.05, 0) is 55.7 Å². The van der Waals surface area contributed by atoms with Crippen LogP contribution in [0, 0.1) is 5.92 Å². The summed E-state index contributed by atoms with van der Waals surface area (Å²) in [4.78, 5) is 12.4. The summed E-state index contributed by atoms with van der Waals surface area (Å²) in [5, 5.41) is 6.76. The first-order valence-corrected chi connectivity index (χ1v) is 8.34. The van der Waals surface area contributed by atoms with Crippen molar-refractivity contribution in [3.05, 3.63) is 35.4 Å². The van der Waals surface area contributed by atoms with Gasteiger partial charge in [-0.2, -0.15) is 0 Å². The van der Waals surface area contributed by atoms with Crippen LogP contribution in [0.4, 0.5) is 0 Å². The van der Waals surface area contributed by atoms with E-state index in [0.29, 0.717) is 18.4 Å². The minimum atomic E-state index is 0.197. The van der Waals surface area contributed by atoms with Gasteiger partial charge in [0.2, 0.25) is 5.91 Å². The van der Waals surface area contributed by atoms with Crippen LogP contribution in [0.15, 0.2) is 24.3 Å². The number of carbonyl (C=O) groups is 1. The molecule has 0 bridgehead atoms. The van der Waals surface area contributed by atoms with Crippen LogP contribution >= 0.6 is 0 Å². The van der Waals surface area contributed by atoms with Crippen molar-refractivity contribution in [3.8, 4) is 0 Å². The van der Waals surface area contributed by atoms with Gasteiger partial charge in [0, 0.05) is 12.5 Å². The van der Waals surface area contributed by atoms with Crippen LogP contribution in [-0.2, 0) is 11.2 Å². The van der Waals surface area contributed by atoms with Gasteiger partial charge in [0.05, 0.1) is 6.04 Å². The topological polar surface area (TPSA) is 41.1 Å². The summed E-state index contributed by atoms with van der Waals surface area (Å²) in [5.74, 6) is 0.797. The molecule has 114 valence electrons. The molecule has 21 heavy (non-hydrogen) atoms. The lowest BCUT2D eigenvalue weighted by atomic mass is 9.87. The first-order valence-electron chi connectivity index (χ1n) is 8.34. The molecule has 2 aliphatic rings. The van der Waals surface area contributed by atoms with E-state index < -0.39 is 0 Å². The number of rotatable bonds is 3. The second-order valence-corrected chi connectivity index (χ2v) is 6.60. The standard InChI is InChI=1S/C18H26N2O/c1-13-6-5-11-19-17(13)12-18(21)20-16-10-4-8-14-7-2-3-9-15(14)16/h2-3,7,9,13,16-17,19H,4-6,8,10-12H2,1H3,(H,20,21). The van der Waals surface area contributed by atoms with E-state index in [1.807, 2.05) is 0 Å². The first kappa shape index (κ1) is 14.6. The third kappa shape index (κ3) is 3.46. The van der Waals surface area contributed by atoms with Crippen LogP contribution in [0.1, 0.15) is 56.2 Å². The molecule has 0 aromatic heterocycles. The molecule has 1 aromatic rings. The van der Waals surface area contributed by atoms with Crippen molar-refractivity contribution in [2.24, 2.45) is 5.92 Å². The Balaban J connectivity index is 1.60. The lowest BCUT2D eigenvalue weighted by molar-refractivity contribution is -0.122. The van der Waals surface area contributed by atoms with Crippen molar-refractivity contribution in [2.45, 2.75) is 57.5 Å². The lowest BCUT2D eigenvalue weighted by Gasteiger charge is -2.31. The molecular weight excluding hydrogens is 260 g/mol. The summed E-state index contributed by atoms with van der Waals surface area (Å²) in [6, 6.07) is 9.09. The molecule has 1 saturated heterocycles. The van der Waals surface area contributed by atoms with Gasteiger partial charge in [0.15, 0.2) is 0 Å². The Morgan fingerprint density at radius 2 is 2.14 bits per heavy atom. The Bertz CT molecular complexity index is 500. The number of carbonyl (C=O) groups excluding carboxylic acids is 1. The molecular formula is C18H26N2O. The number of fused-ring (bicyclic) bond motifs is 1.